The molecule has 3 rings (SSSR count). The number of sulfonamides is 1. The standard InChI is InChI=1S/C30H35Cl2N3O6S/c1-20(29(37)33-30(2,3)4)34(18-23-24(31)13-10-14-25(23)32)28(36)19-35(42(38,39)22-11-8-7-9-12-22)21-15-16-26(40-5)27(17-21)41-6/h7-17,20H,18-19H2,1-6H3,(H,33,37). The fourth-order valence-electron chi connectivity index (χ4n) is 4.14. The summed E-state index contributed by atoms with van der Waals surface area (Å²) in [7, 11) is -1.37. The minimum atomic E-state index is -4.25. The first-order chi connectivity index (χ1) is 19.7. The summed E-state index contributed by atoms with van der Waals surface area (Å²) in [5.74, 6) is -0.431. The van der Waals surface area contributed by atoms with Gasteiger partial charge in [0.05, 0.1) is 24.8 Å². The number of nitrogens with zero attached hydrogens (tertiary/aromatic N) is 2. The Bertz CT molecular complexity index is 1510. The molecule has 2 amide bonds. The number of hydrogen-bond donors (Lipinski definition) is 1. The second-order valence-corrected chi connectivity index (χ2v) is 13.2. The first kappa shape index (κ1) is 33.0. The Hall–Kier alpha value is -3.47. The summed E-state index contributed by atoms with van der Waals surface area (Å²) in [6.07, 6.45) is 0. The fourth-order valence-corrected chi connectivity index (χ4v) is 6.08. The third-order valence-electron chi connectivity index (χ3n) is 6.32. The van der Waals surface area contributed by atoms with Gasteiger partial charge in [0.25, 0.3) is 10.0 Å². The van der Waals surface area contributed by atoms with Gasteiger partial charge in [-0.3, -0.25) is 13.9 Å². The Morgan fingerprint density at radius 2 is 1.50 bits per heavy atom. The first-order valence-electron chi connectivity index (χ1n) is 13.0. The molecule has 0 heterocycles. The van der Waals surface area contributed by atoms with Crippen molar-refractivity contribution in [3.8, 4) is 11.5 Å². The molecule has 3 aromatic carbocycles. The summed E-state index contributed by atoms with van der Waals surface area (Å²) >= 11 is 12.9. The van der Waals surface area contributed by atoms with Gasteiger partial charge in [-0.25, -0.2) is 8.42 Å². The molecule has 0 aromatic heterocycles. The number of benzene rings is 3. The lowest BCUT2D eigenvalue weighted by molar-refractivity contribution is -0.140. The summed E-state index contributed by atoms with van der Waals surface area (Å²) in [4.78, 5) is 28.6. The third-order valence-corrected chi connectivity index (χ3v) is 8.82. The number of methoxy groups -OCH3 is 2. The van der Waals surface area contributed by atoms with Crippen molar-refractivity contribution < 1.29 is 27.5 Å². The highest BCUT2D eigenvalue weighted by Crippen LogP contribution is 2.34. The highest BCUT2D eigenvalue weighted by atomic mass is 35.5. The number of ether oxygens (including phenoxy) is 2. The monoisotopic (exact) mass is 635 g/mol. The van der Waals surface area contributed by atoms with Crippen molar-refractivity contribution in [2.24, 2.45) is 0 Å². The normalized spacial score (nSPS) is 12.3. The SMILES string of the molecule is COc1ccc(N(CC(=O)N(Cc2c(Cl)cccc2Cl)C(C)C(=O)NC(C)(C)C)S(=O)(=O)c2ccccc2)cc1OC. The molecule has 9 nitrogen and oxygen atoms in total. The molecule has 1 unspecified atom stereocenters. The third kappa shape index (κ3) is 7.87. The van der Waals surface area contributed by atoms with Crippen molar-refractivity contribution in [2.45, 2.75) is 50.7 Å². The molecule has 0 aliphatic heterocycles. The van der Waals surface area contributed by atoms with Gasteiger partial charge in [-0.05, 0) is 64.1 Å². The summed E-state index contributed by atoms with van der Waals surface area (Å²) < 4.78 is 39.6. The van der Waals surface area contributed by atoms with Gasteiger partial charge in [0.1, 0.15) is 12.6 Å². The van der Waals surface area contributed by atoms with Crippen LogP contribution in [-0.4, -0.2) is 57.5 Å². The summed E-state index contributed by atoms with van der Waals surface area (Å²) in [5, 5.41) is 3.48. The van der Waals surface area contributed by atoms with Crippen molar-refractivity contribution in [1.82, 2.24) is 10.2 Å². The molecular formula is C30H35Cl2N3O6S. The maximum atomic E-state index is 14.1. The van der Waals surface area contributed by atoms with Crippen LogP contribution in [0.3, 0.4) is 0 Å². The molecule has 0 aliphatic rings. The maximum absolute atomic E-state index is 14.1. The van der Waals surface area contributed by atoms with E-state index in [4.69, 9.17) is 32.7 Å². The lowest BCUT2D eigenvalue weighted by atomic mass is 10.1. The maximum Gasteiger partial charge on any atom is 0.264 e. The largest absolute Gasteiger partial charge is 0.493 e. The van der Waals surface area contributed by atoms with Crippen LogP contribution in [0.2, 0.25) is 10.0 Å². The van der Waals surface area contributed by atoms with E-state index < -0.39 is 40.0 Å². The predicted molar refractivity (Wildman–Crippen MR) is 165 cm³/mol. The van der Waals surface area contributed by atoms with Crippen LogP contribution in [0, 0.1) is 0 Å². The zero-order valence-electron chi connectivity index (χ0n) is 24.4. The molecule has 0 spiro atoms. The van der Waals surface area contributed by atoms with Crippen molar-refractivity contribution in [3.63, 3.8) is 0 Å². The first-order valence-corrected chi connectivity index (χ1v) is 15.2. The second-order valence-electron chi connectivity index (χ2n) is 10.5. The molecule has 12 heteroatoms. The van der Waals surface area contributed by atoms with Crippen LogP contribution >= 0.6 is 23.2 Å². The van der Waals surface area contributed by atoms with Crippen LogP contribution < -0.4 is 19.1 Å². The summed E-state index contributed by atoms with van der Waals surface area (Å²) in [5.41, 5.74) is 0.00490. The number of rotatable bonds is 11. The minimum Gasteiger partial charge on any atom is -0.493 e. The van der Waals surface area contributed by atoms with E-state index in [1.54, 1.807) is 49.4 Å². The number of amides is 2. The van der Waals surface area contributed by atoms with Crippen LogP contribution in [0.1, 0.15) is 33.3 Å². The molecule has 0 radical (unpaired) electrons. The number of nitrogens with one attached hydrogen (secondary N) is 1. The Labute approximate surface area is 257 Å². The second kappa shape index (κ2) is 13.7. The summed E-state index contributed by atoms with van der Waals surface area (Å²) in [6.45, 7) is 6.25. The van der Waals surface area contributed by atoms with E-state index in [-0.39, 0.29) is 22.9 Å². The van der Waals surface area contributed by atoms with Crippen LogP contribution in [-0.2, 0) is 26.2 Å². The number of carbonyl (C=O) groups is 2. The number of anilines is 1. The molecule has 0 fully saturated rings. The molecule has 3 aromatic rings. The zero-order chi connectivity index (χ0) is 31.2. The van der Waals surface area contributed by atoms with E-state index in [1.807, 2.05) is 20.8 Å². The zero-order valence-corrected chi connectivity index (χ0v) is 26.7. The number of halogens is 2. The quantitative estimate of drug-likeness (QED) is 0.297. The predicted octanol–water partition coefficient (Wildman–Crippen LogP) is 5.54. The molecule has 0 aliphatic carbocycles. The van der Waals surface area contributed by atoms with E-state index in [0.29, 0.717) is 21.4 Å². The van der Waals surface area contributed by atoms with Crippen LogP contribution in [0.25, 0.3) is 0 Å². The average Bonchev–Trinajstić information content (AvgIpc) is 2.94. The number of hydrogen-bond acceptors (Lipinski definition) is 6. The number of carbonyl (C=O) groups excluding carboxylic acids is 2. The van der Waals surface area contributed by atoms with Crippen LogP contribution in [0.5, 0.6) is 11.5 Å². The fraction of sp³-hybridized carbons (Fsp3) is 0.333. The van der Waals surface area contributed by atoms with E-state index >= 15 is 0 Å². The van der Waals surface area contributed by atoms with E-state index in [1.165, 1.54) is 43.4 Å². The van der Waals surface area contributed by atoms with Gasteiger partial charge in [-0.2, -0.15) is 0 Å². The molecule has 0 saturated heterocycles. The molecule has 42 heavy (non-hydrogen) atoms. The Morgan fingerprint density at radius 1 is 0.905 bits per heavy atom. The topological polar surface area (TPSA) is 105 Å². The van der Waals surface area contributed by atoms with Crippen molar-refractivity contribution >= 4 is 50.7 Å². The highest BCUT2D eigenvalue weighted by Gasteiger charge is 2.34. The average molecular weight is 637 g/mol. The summed E-state index contributed by atoms with van der Waals surface area (Å²) in [6, 6.07) is 16.2. The smallest absolute Gasteiger partial charge is 0.264 e. The van der Waals surface area contributed by atoms with E-state index in [2.05, 4.69) is 5.32 Å². The van der Waals surface area contributed by atoms with Gasteiger partial charge < -0.3 is 19.7 Å². The molecule has 0 saturated carbocycles. The van der Waals surface area contributed by atoms with Gasteiger partial charge in [0.15, 0.2) is 11.5 Å². The Balaban J connectivity index is 2.12. The van der Waals surface area contributed by atoms with Gasteiger partial charge in [0.2, 0.25) is 11.8 Å². The van der Waals surface area contributed by atoms with Gasteiger partial charge in [0, 0.05) is 33.8 Å². The Morgan fingerprint density at radius 3 is 2.05 bits per heavy atom. The van der Waals surface area contributed by atoms with Crippen molar-refractivity contribution in [3.05, 3.63) is 82.3 Å². The molecule has 1 atom stereocenters. The van der Waals surface area contributed by atoms with Crippen molar-refractivity contribution in [2.75, 3.05) is 25.1 Å². The highest BCUT2D eigenvalue weighted by molar-refractivity contribution is 7.92. The van der Waals surface area contributed by atoms with Gasteiger partial charge in [-0.1, -0.05) is 47.5 Å². The molecule has 0 bridgehead atoms. The molecular weight excluding hydrogens is 601 g/mol. The van der Waals surface area contributed by atoms with Crippen LogP contribution in [0.4, 0.5) is 5.69 Å². The van der Waals surface area contributed by atoms with Gasteiger partial charge in [-0.15, -0.1) is 0 Å². The van der Waals surface area contributed by atoms with Crippen molar-refractivity contribution in [1.29, 1.82) is 0 Å². The van der Waals surface area contributed by atoms with E-state index in [9.17, 15) is 18.0 Å². The van der Waals surface area contributed by atoms with Gasteiger partial charge >= 0.3 is 0 Å². The lowest BCUT2D eigenvalue weighted by Crippen LogP contribution is -2.54. The lowest BCUT2D eigenvalue weighted by Gasteiger charge is -2.34. The molecule has 1 N–H and O–H groups in total. The molecule has 226 valence electrons. The van der Waals surface area contributed by atoms with Crippen LogP contribution in [0.15, 0.2) is 71.6 Å². The van der Waals surface area contributed by atoms with E-state index in [0.717, 1.165) is 4.31 Å². The Kier molecular flexibility index (Phi) is 10.8. The minimum absolute atomic E-state index is 0.0215.